The van der Waals surface area contributed by atoms with E-state index in [0.29, 0.717) is 18.9 Å². The predicted octanol–water partition coefficient (Wildman–Crippen LogP) is 7.10. The average Bonchev–Trinajstić information content (AvgIpc) is 2.92. The molecule has 5 nitrogen and oxygen atoms in total. The van der Waals surface area contributed by atoms with Gasteiger partial charge in [-0.25, -0.2) is 0 Å². The SMILES string of the molecule is CCCCN(C)C(=O)CCCCCCC/C=C/CCC1=CCC2(CO)COC(c3ccc(O)cc3)C1C2. The van der Waals surface area contributed by atoms with Crippen molar-refractivity contribution in [3.63, 3.8) is 0 Å². The van der Waals surface area contributed by atoms with E-state index in [-0.39, 0.29) is 29.8 Å². The highest BCUT2D eigenvalue weighted by atomic mass is 16.5. The van der Waals surface area contributed by atoms with Crippen molar-refractivity contribution in [1.29, 1.82) is 0 Å². The molecule has 37 heavy (non-hydrogen) atoms. The van der Waals surface area contributed by atoms with Crippen molar-refractivity contribution in [2.45, 2.75) is 96.5 Å². The third kappa shape index (κ3) is 9.00. The minimum atomic E-state index is -0.143. The molecule has 0 saturated carbocycles. The number of aliphatic hydroxyl groups excluding tert-OH is 1. The second-order valence-electron chi connectivity index (χ2n) is 11.3. The summed E-state index contributed by atoms with van der Waals surface area (Å²) in [7, 11) is 1.93. The highest BCUT2D eigenvalue weighted by Gasteiger charge is 2.45. The molecule has 206 valence electrons. The number of benzene rings is 1. The molecule has 1 aromatic rings. The molecule has 0 radical (unpaired) electrons. The van der Waals surface area contributed by atoms with E-state index in [0.717, 1.165) is 69.9 Å². The average molecular weight is 512 g/mol. The van der Waals surface area contributed by atoms with E-state index in [1.165, 1.54) is 24.8 Å². The molecular formula is C32H49NO4. The first-order valence-corrected chi connectivity index (χ1v) is 14.6. The Morgan fingerprint density at radius 1 is 1.08 bits per heavy atom. The van der Waals surface area contributed by atoms with E-state index >= 15 is 0 Å². The number of carbonyl (C=O) groups is 1. The summed E-state index contributed by atoms with van der Waals surface area (Å²) in [5.41, 5.74) is 2.40. The lowest BCUT2D eigenvalue weighted by Crippen LogP contribution is -2.43. The molecule has 3 atom stereocenters. The summed E-state index contributed by atoms with van der Waals surface area (Å²) in [6.45, 7) is 3.80. The third-order valence-electron chi connectivity index (χ3n) is 8.22. The number of unbranched alkanes of at least 4 members (excludes halogenated alkanes) is 6. The molecule has 3 rings (SSSR count). The monoisotopic (exact) mass is 511 g/mol. The normalized spacial score (nSPS) is 23.3. The van der Waals surface area contributed by atoms with Gasteiger partial charge in [-0.1, -0.05) is 68.5 Å². The number of aromatic hydroxyl groups is 1. The second-order valence-corrected chi connectivity index (χ2v) is 11.3. The van der Waals surface area contributed by atoms with E-state index < -0.39 is 0 Å². The summed E-state index contributed by atoms with van der Waals surface area (Å²) >= 11 is 0. The first kappa shape index (κ1) is 29.4. The molecule has 1 amide bonds. The van der Waals surface area contributed by atoms with E-state index in [2.05, 4.69) is 25.2 Å². The summed E-state index contributed by atoms with van der Waals surface area (Å²) in [5, 5.41) is 19.7. The van der Waals surface area contributed by atoms with Crippen LogP contribution in [0.1, 0.15) is 102 Å². The highest BCUT2D eigenvalue weighted by molar-refractivity contribution is 5.75. The summed E-state index contributed by atoms with van der Waals surface area (Å²) in [5.74, 6) is 0.848. The van der Waals surface area contributed by atoms with Crippen LogP contribution in [0.5, 0.6) is 5.75 Å². The number of carbonyl (C=O) groups excluding carboxylic acids is 1. The van der Waals surface area contributed by atoms with Crippen LogP contribution in [0.15, 0.2) is 48.1 Å². The van der Waals surface area contributed by atoms with Crippen molar-refractivity contribution >= 4 is 5.91 Å². The molecule has 5 heteroatoms. The van der Waals surface area contributed by atoms with Crippen LogP contribution in [0.3, 0.4) is 0 Å². The molecule has 1 aliphatic heterocycles. The van der Waals surface area contributed by atoms with Gasteiger partial charge in [0.05, 0.1) is 19.3 Å². The molecule has 2 aliphatic rings. The first-order valence-electron chi connectivity index (χ1n) is 14.6. The number of allylic oxidation sites excluding steroid dienone is 3. The zero-order valence-corrected chi connectivity index (χ0v) is 23.2. The molecule has 2 bridgehead atoms. The Balaban J connectivity index is 1.33. The number of amides is 1. The molecule has 1 saturated heterocycles. The number of fused-ring (bicyclic) bond motifs is 2. The van der Waals surface area contributed by atoms with Crippen molar-refractivity contribution in [3.05, 3.63) is 53.6 Å². The van der Waals surface area contributed by atoms with Crippen LogP contribution in [0.4, 0.5) is 0 Å². The Kier molecular flexibility index (Phi) is 12.2. The minimum Gasteiger partial charge on any atom is -0.508 e. The summed E-state index contributed by atoms with van der Waals surface area (Å²) in [6, 6.07) is 7.38. The molecule has 1 aliphatic carbocycles. The maximum atomic E-state index is 12.1. The lowest BCUT2D eigenvalue weighted by Gasteiger charge is -2.47. The van der Waals surface area contributed by atoms with Crippen LogP contribution in [0, 0.1) is 11.3 Å². The standard InChI is InChI=1S/C32H49NO4/c1-3-4-22-33(2)30(36)15-13-11-9-7-5-6-8-10-12-14-26-20-21-32(24-34)23-29(26)31(37-25-32)27-16-18-28(35)19-17-27/h8,10,16-20,29,31,34-35H,3-7,9,11-15,21-25H2,1-2H3/b10-8+. The van der Waals surface area contributed by atoms with E-state index in [4.69, 9.17) is 4.74 Å². The largest absolute Gasteiger partial charge is 0.508 e. The quantitative estimate of drug-likeness (QED) is 0.183. The lowest BCUT2D eigenvalue weighted by atomic mass is 9.65. The topological polar surface area (TPSA) is 70.0 Å². The molecule has 1 fully saturated rings. The van der Waals surface area contributed by atoms with Gasteiger partial charge in [-0.15, -0.1) is 0 Å². The van der Waals surface area contributed by atoms with Crippen molar-refractivity contribution in [3.8, 4) is 5.75 Å². The number of aliphatic hydroxyl groups is 1. The van der Waals surface area contributed by atoms with Gasteiger partial charge in [-0.05, 0) is 69.1 Å². The van der Waals surface area contributed by atoms with E-state index in [9.17, 15) is 15.0 Å². The van der Waals surface area contributed by atoms with E-state index in [1.54, 1.807) is 12.1 Å². The Morgan fingerprint density at radius 3 is 2.57 bits per heavy atom. The lowest BCUT2D eigenvalue weighted by molar-refractivity contribution is -0.130. The predicted molar refractivity (Wildman–Crippen MR) is 150 cm³/mol. The van der Waals surface area contributed by atoms with Gasteiger partial charge in [0.25, 0.3) is 0 Å². The fraction of sp³-hybridized carbons (Fsp3) is 0.656. The zero-order valence-electron chi connectivity index (χ0n) is 23.2. The van der Waals surface area contributed by atoms with Crippen LogP contribution in [-0.2, 0) is 9.53 Å². The summed E-state index contributed by atoms with van der Waals surface area (Å²) in [6.07, 6.45) is 20.7. The van der Waals surface area contributed by atoms with Gasteiger partial charge < -0.3 is 19.8 Å². The fourth-order valence-electron chi connectivity index (χ4n) is 5.70. The van der Waals surface area contributed by atoms with Crippen LogP contribution in [-0.4, -0.2) is 47.8 Å². The Morgan fingerprint density at radius 2 is 1.81 bits per heavy atom. The van der Waals surface area contributed by atoms with Crippen LogP contribution < -0.4 is 0 Å². The third-order valence-corrected chi connectivity index (χ3v) is 8.22. The van der Waals surface area contributed by atoms with Gasteiger partial charge in [0, 0.05) is 31.3 Å². The number of nitrogens with zero attached hydrogens (tertiary/aromatic N) is 1. The number of phenols is 1. The number of hydrogen-bond donors (Lipinski definition) is 2. The molecule has 0 spiro atoms. The van der Waals surface area contributed by atoms with Crippen molar-refractivity contribution in [2.24, 2.45) is 11.3 Å². The van der Waals surface area contributed by atoms with Gasteiger partial charge in [0.1, 0.15) is 5.75 Å². The van der Waals surface area contributed by atoms with Gasteiger partial charge in [0.15, 0.2) is 0 Å². The van der Waals surface area contributed by atoms with Gasteiger partial charge >= 0.3 is 0 Å². The molecule has 2 N–H and O–H groups in total. The maximum absolute atomic E-state index is 12.1. The number of rotatable bonds is 16. The molecular weight excluding hydrogens is 462 g/mol. The highest BCUT2D eigenvalue weighted by Crippen LogP contribution is 2.51. The maximum Gasteiger partial charge on any atom is 0.222 e. The van der Waals surface area contributed by atoms with Gasteiger partial charge in [-0.3, -0.25) is 4.79 Å². The van der Waals surface area contributed by atoms with Crippen molar-refractivity contribution in [2.75, 3.05) is 26.8 Å². The van der Waals surface area contributed by atoms with Crippen molar-refractivity contribution in [1.82, 2.24) is 4.90 Å². The van der Waals surface area contributed by atoms with Crippen LogP contribution >= 0.6 is 0 Å². The second kappa shape index (κ2) is 15.3. The Labute approximate surface area is 224 Å². The van der Waals surface area contributed by atoms with E-state index in [1.807, 2.05) is 24.1 Å². The zero-order chi connectivity index (χ0) is 26.5. The number of ether oxygens (including phenoxy) is 1. The fourth-order valence-corrected chi connectivity index (χ4v) is 5.70. The smallest absolute Gasteiger partial charge is 0.222 e. The summed E-state index contributed by atoms with van der Waals surface area (Å²) < 4.78 is 6.31. The molecule has 0 aromatic heterocycles. The van der Waals surface area contributed by atoms with Crippen LogP contribution in [0.25, 0.3) is 0 Å². The number of phenolic OH excluding ortho intramolecular Hbond substituents is 1. The minimum absolute atomic E-state index is 0.0113. The van der Waals surface area contributed by atoms with Crippen molar-refractivity contribution < 1.29 is 19.7 Å². The Bertz CT molecular complexity index is 877. The summed E-state index contributed by atoms with van der Waals surface area (Å²) in [4.78, 5) is 14.0. The number of hydrogen-bond acceptors (Lipinski definition) is 4. The molecule has 1 heterocycles. The van der Waals surface area contributed by atoms with Crippen LogP contribution in [0.2, 0.25) is 0 Å². The van der Waals surface area contributed by atoms with Gasteiger partial charge in [-0.2, -0.15) is 0 Å². The first-order chi connectivity index (χ1) is 18.0. The Hall–Kier alpha value is -2.11. The molecule has 1 aromatic carbocycles. The molecule has 3 unspecified atom stereocenters. The van der Waals surface area contributed by atoms with Gasteiger partial charge in [0.2, 0.25) is 5.91 Å².